The van der Waals surface area contributed by atoms with Gasteiger partial charge in [0, 0.05) is 25.5 Å². The first-order valence-electron chi connectivity index (χ1n) is 6.25. The number of ether oxygens (including phenoxy) is 1. The highest BCUT2D eigenvalue weighted by atomic mass is 16.5. The molecule has 2 unspecified atom stereocenters. The topological polar surface area (TPSA) is 37.4 Å². The van der Waals surface area contributed by atoms with Crippen molar-refractivity contribution in [2.75, 3.05) is 33.3 Å². The van der Waals surface area contributed by atoms with E-state index in [1.54, 1.807) is 0 Å². The van der Waals surface area contributed by atoms with E-state index in [0.29, 0.717) is 6.04 Å². The lowest BCUT2D eigenvalue weighted by molar-refractivity contribution is -0.0611. The predicted molar refractivity (Wildman–Crippen MR) is 67.9 cm³/mol. The first-order valence-corrected chi connectivity index (χ1v) is 6.25. The molecule has 0 bridgehead atoms. The van der Waals surface area contributed by atoms with Crippen LogP contribution in [0.25, 0.3) is 0 Å². The van der Waals surface area contributed by atoms with Crippen molar-refractivity contribution in [3.63, 3.8) is 0 Å². The maximum absolute atomic E-state index is 5.89. The zero-order valence-corrected chi connectivity index (χ0v) is 10.6. The molecule has 2 rings (SSSR count). The van der Waals surface area contributed by atoms with Gasteiger partial charge in [0.2, 0.25) is 0 Å². The fourth-order valence-electron chi connectivity index (χ4n) is 2.35. The minimum atomic E-state index is 0.219. The SMILES string of the molecule is CCNCC1OCCN(C)C1c1ccncc1. The maximum Gasteiger partial charge on any atom is 0.0896 e. The van der Waals surface area contributed by atoms with Crippen LogP contribution in [0.2, 0.25) is 0 Å². The van der Waals surface area contributed by atoms with Crippen LogP contribution >= 0.6 is 0 Å². The van der Waals surface area contributed by atoms with E-state index in [0.717, 1.165) is 26.2 Å². The molecule has 1 aliphatic heterocycles. The first kappa shape index (κ1) is 12.5. The smallest absolute Gasteiger partial charge is 0.0896 e. The van der Waals surface area contributed by atoms with E-state index < -0.39 is 0 Å². The monoisotopic (exact) mass is 235 g/mol. The first-order chi connectivity index (χ1) is 8.33. The van der Waals surface area contributed by atoms with Crippen LogP contribution < -0.4 is 5.32 Å². The van der Waals surface area contributed by atoms with Crippen LogP contribution in [0.3, 0.4) is 0 Å². The van der Waals surface area contributed by atoms with Crippen molar-refractivity contribution in [1.82, 2.24) is 15.2 Å². The Morgan fingerprint density at radius 1 is 1.47 bits per heavy atom. The van der Waals surface area contributed by atoms with Crippen LogP contribution in [0, 0.1) is 0 Å². The van der Waals surface area contributed by atoms with Crippen molar-refractivity contribution in [3.05, 3.63) is 30.1 Å². The maximum atomic E-state index is 5.89. The van der Waals surface area contributed by atoms with Gasteiger partial charge < -0.3 is 10.1 Å². The molecule has 1 aliphatic rings. The lowest BCUT2D eigenvalue weighted by Gasteiger charge is -2.39. The summed E-state index contributed by atoms with van der Waals surface area (Å²) in [6.45, 7) is 5.79. The van der Waals surface area contributed by atoms with Crippen LogP contribution in [-0.2, 0) is 4.74 Å². The lowest BCUT2D eigenvalue weighted by atomic mass is 9.99. The number of likely N-dealkylation sites (N-methyl/N-ethyl adjacent to an activating group) is 2. The predicted octanol–water partition coefficient (Wildman–Crippen LogP) is 1.06. The third-order valence-corrected chi connectivity index (χ3v) is 3.25. The normalized spacial score (nSPS) is 26.0. The molecule has 2 atom stereocenters. The van der Waals surface area contributed by atoms with E-state index in [1.807, 2.05) is 12.4 Å². The molecule has 1 fully saturated rings. The second-order valence-corrected chi connectivity index (χ2v) is 4.42. The van der Waals surface area contributed by atoms with Crippen LogP contribution in [0.4, 0.5) is 0 Å². The third kappa shape index (κ3) is 3.03. The zero-order valence-electron chi connectivity index (χ0n) is 10.6. The summed E-state index contributed by atoms with van der Waals surface area (Å²) in [6.07, 6.45) is 3.92. The van der Waals surface area contributed by atoms with E-state index in [9.17, 15) is 0 Å². The number of aromatic nitrogens is 1. The molecule has 94 valence electrons. The molecule has 0 aromatic carbocycles. The van der Waals surface area contributed by atoms with Gasteiger partial charge in [0.15, 0.2) is 0 Å². The Hall–Kier alpha value is -0.970. The Morgan fingerprint density at radius 3 is 2.94 bits per heavy atom. The van der Waals surface area contributed by atoms with Crippen LogP contribution in [0.1, 0.15) is 18.5 Å². The highest BCUT2D eigenvalue weighted by molar-refractivity contribution is 5.17. The summed E-state index contributed by atoms with van der Waals surface area (Å²) in [5.74, 6) is 0. The van der Waals surface area contributed by atoms with Gasteiger partial charge in [-0.15, -0.1) is 0 Å². The van der Waals surface area contributed by atoms with Crippen molar-refractivity contribution >= 4 is 0 Å². The minimum absolute atomic E-state index is 0.219. The quantitative estimate of drug-likeness (QED) is 0.847. The molecule has 4 nitrogen and oxygen atoms in total. The minimum Gasteiger partial charge on any atom is -0.374 e. The number of morpholine rings is 1. The van der Waals surface area contributed by atoms with Gasteiger partial charge >= 0.3 is 0 Å². The van der Waals surface area contributed by atoms with E-state index in [1.165, 1.54) is 5.56 Å². The fourth-order valence-corrected chi connectivity index (χ4v) is 2.35. The van der Waals surface area contributed by atoms with Gasteiger partial charge in [-0.25, -0.2) is 0 Å². The molecule has 0 spiro atoms. The van der Waals surface area contributed by atoms with Gasteiger partial charge in [-0.3, -0.25) is 9.88 Å². The molecule has 1 N–H and O–H groups in total. The third-order valence-electron chi connectivity index (χ3n) is 3.25. The Labute approximate surface area is 103 Å². The summed E-state index contributed by atoms with van der Waals surface area (Å²) in [4.78, 5) is 6.44. The van der Waals surface area contributed by atoms with Crippen LogP contribution in [-0.4, -0.2) is 49.3 Å². The van der Waals surface area contributed by atoms with Crippen molar-refractivity contribution in [2.45, 2.75) is 19.1 Å². The van der Waals surface area contributed by atoms with Crippen molar-refractivity contribution < 1.29 is 4.74 Å². The molecule has 0 saturated carbocycles. The summed E-state index contributed by atoms with van der Waals surface area (Å²) < 4.78 is 5.89. The molecular formula is C13H21N3O. The highest BCUT2D eigenvalue weighted by Crippen LogP contribution is 2.27. The van der Waals surface area contributed by atoms with Gasteiger partial charge in [-0.2, -0.15) is 0 Å². The Kier molecular flexibility index (Phi) is 4.48. The van der Waals surface area contributed by atoms with Crippen molar-refractivity contribution in [2.24, 2.45) is 0 Å². The molecule has 4 heteroatoms. The Bertz CT molecular complexity index is 331. The summed E-state index contributed by atoms with van der Waals surface area (Å²) >= 11 is 0. The summed E-state index contributed by atoms with van der Waals surface area (Å²) in [6, 6.07) is 4.48. The van der Waals surface area contributed by atoms with Crippen molar-refractivity contribution in [3.8, 4) is 0 Å². The number of rotatable bonds is 4. The van der Waals surface area contributed by atoms with Gasteiger partial charge in [0.1, 0.15) is 0 Å². The lowest BCUT2D eigenvalue weighted by Crippen LogP contribution is -2.47. The van der Waals surface area contributed by atoms with Gasteiger partial charge in [-0.1, -0.05) is 6.92 Å². The average Bonchev–Trinajstić information content (AvgIpc) is 2.37. The highest BCUT2D eigenvalue weighted by Gasteiger charge is 2.30. The number of pyridine rings is 1. The fraction of sp³-hybridized carbons (Fsp3) is 0.615. The second kappa shape index (κ2) is 6.10. The van der Waals surface area contributed by atoms with E-state index in [4.69, 9.17) is 4.74 Å². The number of hydrogen-bond acceptors (Lipinski definition) is 4. The molecule has 0 aliphatic carbocycles. The molecule has 17 heavy (non-hydrogen) atoms. The van der Waals surface area contributed by atoms with E-state index >= 15 is 0 Å². The molecule has 2 heterocycles. The molecule has 0 amide bonds. The Morgan fingerprint density at radius 2 is 2.24 bits per heavy atom. The Balaban J connectivity index is 2.13. The second-order valence-electron chi connectivity index (χ2n) is 4.42. The summed E-state index contributed by atoms with van der Waals surface area (Å²) in [7, 11) is 2.16. The molecule has 0 radical (unpaired) electrons. The van der Waals surface area contributed by atoms with Gasteiger partial charge in [0.05, 0.1) is 18.8 Å². The molecule has 1 aromatic heterocycles. The summed E-state index contributed by atoms with van der Waals surface area (Å²) in [5, 5.41) is 3.37. The largest absolute Gasteiger partial charge is 0.374 e. The average molecular weight is 235 g/mol. The van der Waals surface area contributed by atoms with Gasteiger partial charge in [-0.05, 0) is 31.3 Å². The van der Waals surface area contributed by atoms with Gasteiger partial charge in [0.25, 0.3) is 0 Å². The van der Waals surface area contributed by atoms with Crippen molar-refractivity contribution in [1.29, 1.82) is 0 Å². The van der Waals surface area contributed by atoms with E-state index in [2.05, 4.69) is 41.3 Å². The zero-order chi connectivity index (χ0) is 12.1. The standard InChI is InChI=1S/C13H21N3O/c1-3-14-10-12-13(16(2)8-9-17-12)11-4-6-15-7-5-11/h4-7,12-14H,3,8-10H2,1-2H3. The summed E-state index contributed by atoms with van der Waals surface area (Å²) in [5.41, 5.74) is 1.28. The molecule has 1 saturated heterocycles. The number of hydrogen-bond donors (Lipinski definition) is 1. The molecule has 1 aromatic rings. The molecular weight excluding hydrogens is 214 g/mol. The van der Waals surface area contributed by atoms with E-state index in [-0.39, 0.29) is 6.10 Å². The van der Waals surface area contributed by atoms with Crippen LogP contribution in [0.15, 0.2) is 24.5 Å². The number of nitrogens with one attached hydrogen (secondary N) is 1. The number of nitrogens with zero attached hydrogens (tertiary/aromatic N) is 2. The van der Waals surface area contributed by atoms with Crippen LogP contribution in [0.5, 0.6) is 0 Å².